The maximum atomic E-state index is 6.15. The number of benzene rings is 2. The van der Waals surface area contributed by atoms with E-state index in [2.05, 4.69) is 69.3 Å². The Morgan fingerprint density at radius 2 is 1.36 bits per heavy atom. The minimum absolute atomic E-state index is 0.501. The summed E-state index contributed by atoms with van der Waals surface area (Å²) in [5, 5.41) is 0. The smallest absolute Gasteiger partial charge is 0.0575 e. The second-order valence-electron chi connectivity index (χ2n) is 10.5. The Balaban J connectivity index is 1.41. The normalized spacial score (nSPS) is 19.5. The Morgan fingerprint density at radius 1 is 0.727 bits per heavy atom. The summed E-state index contributed by atoms with van der Waals surface area (Å²) < 4.78 is 6.15. The van der Waals surface area contributed by atoms with Crippen LogP contribution in [0.5, 0.6) is 0 Å². The summed E-state index contributed by atoms with van der Waals surface area (Å²) in [4.78, 5) is 0. The van der Waals surface area contributed by atoms with Crippen LogP contribution >= 0.6 is 0 Å². The summed E-state index contributed by atoms with van der Waals surface area (Å²) >= 11 is 0. The molecule has 1 aliphatic carbocycles. The molecular formula is C32H48O. The number of aryl methyl sites for hydroxylation is 1. The molecule has 1 aliphatic rings. The zero-order valence-electron chi connectivity index (χ0n) is 21.7. The van der Waals surface area contributed by atoms with Crippen molar-refractivity contribution in [3.8, 4) is 0 Å². The van der Waals surface area contributed by atoms with E-state index >= 15 is 0 Å². The van der Waals surface area contributed by atoms with E-state index in [-0.39, 0.29) is 0 Å². The van der Waals surface area contributed by atoms with E-state index in [0.29, 0.717) is 12.0 Å². The van der Waals surface area contributed by atoms with Gasteiger partial charge >= 0.3 is 0 Å². The van der Waals surface area contributed by atoms with Crippen LogP contribution < -0.4 is 0 Å². The quantitative estimate of drug-likeness (QED) is 0.261. The van der Waals surface area contributed by atoms with Gasteiger partial charge in [-0.25, -0.2) is 0 Å². The van der Waals surface area contributed by atoms with Crippen LogP contribution in [0, 0.1) is 0 Å². The molecule has 1 saturated carbocycles. The molecule has 2 aromatic carbocycles. The van der Waals surface area contributed by atoms with Gasteiger partial charge in [0.25, 0.3) is 0 Å². The van der Waals surface area contributed by atoms with Gasteiger partial charge in [0, 0.05) is 6.61 Å². The van der Waals surface area contributed by atoms with Crippen LogP contribution in [0.25, 0.3) is 0 Å². The van der Waals surface area contributed by atoms with Crippen molar-refractivity contribution in [2.75, 3.05) is 6.61 Å². The molecule has 0 aromatic heterocycles. The molecule has 3 rings (SSSR count). The van der Waals surface area contributed by atoms with E-state index in [1.54, 1.807) is 0 Å². The van der Waals surface area contributed by atoms with Gasteiger partial charge in [-0.2, -0.15) is 0 Å². The molecule has 2 aromatic rings. The number of hydrogen-bond donors (Lipinski definition) is 0. The Hall–Kier alpha value is -1.60. The summed E-state index contributed by atoms with van der Waals surface area (Å²) in [5.74, 6) is 1.28. The van der Waals surface area contributed by atoms with Gasteiger partial charge in [0.2, 0.25) is 0 Å². The molecule has 1 unspecified atom stereocenters. The lowest BCUT2D eigenvalue weighted by atomic mass is 9.82. The Morgan fingerprint density at radius 3 is 2.03 bits per heavy atom. The molecule has 0 bridgehead atoms. The Bertz CT molecular complexity index is 752. The molecule has 0 spiro atoms. The van der Waals surface area contributed by atoms with E-state index in [4.69, 9.17) is 4.74 Å². The lowest BCUT2D eigenvalue weighted by molar-refractivity contribution is 0.0226. The highest BCUT2D eigenvalue weighted by molar-refractivity contribution is 5.30. The van der Waals surface area contributed by atoms with E-state index in [1.807, 2.05) is 0 Å². The van der Waals surface area contributed by atoms with Gasteiger partial charge in [-0.15, -0.1) is 0 Å². The van der Waals surface area contributed by atoms with Crippen LogP contribution in [0.1, 0.15) is 125 Å². The van der Waals surface area contributed by atoms with Gasteiger partial charge in [0.15, 0.2) is 0 Å². The number of rotatable bonds is 14. The van der Waals surface area contributed by atoms with Gasteiger partial charge in [-0.1, -0.05) is 101 Å². The molecule has 0 aliphatic heterocycles. The second-order valence-corrected chi connectivity index (χ2v) is 10.5. The van der Waals surface area contributed by atoms with Crippen molar-refractivity contribution in [3.05, 3.63) is 70.8 Å². The first kappa shape index (κ1) is 26.0. The fraction of sp³-hybridized carbons (Fsp3) is 0.625. The van der Waals surface area contributed by atoms with Crippen molar-refractivity contribution in [2.45, 2.75) is 122 Å². The zero-order valence-corrected chi connectivity index (χ0v) is 21.7. The number of ether oxygens (including phenoxy) is 1. The van der Waals surface area contributed by atoms with Crippen molar-refractivity contribution in [3.63, 3.8) is 0 Å². The third-order valence-electron chi connectivity index (χ3n) is 7.64. The highest BCUT2D eigenvalue weighted by atomic mass is 16.5. The first-order chi connectivity index (χ1) is 16.2. The lowest BCUT2D eigenvalue weighted by Crippen LogP contribution is -2.21. The molecule has 1 nitrogen and oxygen atoms in total. The maximum absolute atomic E-state index is 6.15. The number of unbranched alkanes of at least 4 members (excludes halogenated alkanes) is 5. The van der Waals surface area contributed by atoms with Gasteiger partial charge in [-0.3, -0.25) is 0 Å². The molecule has 1 atom stereocenters. The highest BCUT2D eigenvalue weighted by Crippen LogP contribution is 2.34. The maximum Gasteiger partial charge on any atom is 0.0575 e. The monoisotopic (exact) mass is 448 g/mol. The number of hydrogen-bond acceptors (Lipinski definition) is 1. The SMILES string of the molecule is CCCCCCOC1CCC(c2ccc(CC(C)c3ccc(CCCCC)cc3)cc2)CC1. The van der Waals surface area contributed by atoms with Gasteiger partial charge in [0.05, 0.1) is 6.10 Å². The molecule has 0 radical (unpaired) electrons. The van der Waals surface area contributed by atoms with Crippen LogP contribution in [-0.4, -0.2) is 12.7 Å². The molecule has 1 heteroatoms. The predicted octanol–water partition coefficient (Wildman–Crippen LogP) is 9.39. The predicted molar refractivity (Wildman–Crippen MR) is 143 cm³/mol. The molecule has 33 heavy (non-hydrogen) atoms. The van der Waals surface area contributed by atoms with E-state index < -0.39 is 0 Å². The van der Waals surface area contributed by atoms with E-state index in [9.17, 15) is 0 Å². The van der Waals surface area contributed by atoms with Crippen LogP contribution in [0.2, 0.25) is 0 Å². The van der Waals surface area contributed by atoms with Crippen molar-refractivity contribution < 1.29 is 4.74 Å². The van der Waals surface area contributed by atoms with E-state index in [0.717, 1.165) is 18.9 Å². The standard InChI is InChI=1S/C32H48O/c1-4-6-8-10-24-33-32-22-20-31(21-23-32)30-18-14-28(15-19-30)25-26(3)29-16-12-27(13-17-29)11-9-7-5-2/h12-19,26,31-32H,4-11,20-25H2,1-3H3. The minimum Gasteiger partial charge on any atom is -0.378 e. The average molecular weight is 449 g/mol. The largest absolute Gasteiger partial charge is 0.378 e. The van der Waals surface area contributed by atoms with Crippen LogP contribution in [0.15, 0.2) is 48.5 Å². The molecule has 182 valence electrons. The lowest BCUT2D eigenvalue weighted by Gasteiger charge is -2.29. The van der Waals surface area contributed by atoms with Crippen LogP contribution in [-0.2, 0) is 17.6 Å². The Kier molecular flexibility index (Phi) is 11.5. The average Bonchev–Trinajstić information content (AvgIpc) is 2.85. The topological polar surface area (TPSA) is 9.23 Å². The molecule has 0 amide bonds. The van der Waals surface area contributed by atoms with Gasteiger partial charge in [-0.05, 0) is 85.5 Å². The Labute approximate surface area is 204 Å². The summed E-state index contributed by atoms with van der Waals surface area (Å²) in [6.45, 7) is 7.87. The molecular weight excluding hydrogens is 400 g/mol. The van der Waals surface area contributed by atoms with E-state index in [1.165, 1.54) is 99.3 Å². The summed E-state index contributed by atoms with van der Waals surface area (Å²) in [5.41, 5.74) is 5.94. The first-order valence-electron chi connectivity index (χ1n) is 14.0. The highest BCUT2D eigenvalue weighted by Gasteiger charge is 2.22. The van der Waals surface area contributed by atoms with Crippen molar-refractivity contribution >= 4 is 0 Å². The second kappa shape index (κ2) is 14.6. The third kappa shape index (κ3) is 8.93. The van der Waals surface area contributed by atoms with Crippen LogP contribution in [0.3, 0.4) is 0 Å². The fourth-order valence-electron chi connectivity index (χ4n) is 5.33. The van der Waals surface area contributed by atoms with Crippen molar-refractivity contribution in [1.29, 1.82) is 0 Å². The van der Waals surface area contributed by atoms with Gasteiger partial charge in [0.1, 0.15) is 0 Å². The first-order valence-corrected chi connectivity index (χ1v) is 14.0. The molecule has 1 fully saturated rings. The molecule has 0 heterocycles. The molecule has 0 N–H and O–H groups in total. The summed E-state index contributed by atoms with van der Waals surface area (Å²) in [6, 6.07) is 18.9. The summed E-state index contributed by atoms with van der Waals surface area (Å²) in [7, 11) is 0. The summed E-state index contributed by atoms with van der Waals surface area (Å²) in [6.07, 6.45) is 17.0. The third-order valence-corrected chi connectivity index (χ3v) is 7.64. The minimum atomic E-state index is 0.501. The van der Waals surface area contributed by atoms with Crippen molar-refractivity contribution in [2.24, 2.45) is 0 Å². The van der Waals surface area contributed by atoms with Crippen LogP contribution in [0.4, 0.5) is 0 Å². The van der Waals surface area contributed by atoms with Gasteiger partial charge < -0.3 is 4.74 Å². The van der Waals surface area contributed by atoms with Crippen molar-refractivity contribution in [1.82, 2.24) is 0 Å². The fourth-order valence-corrected chi connectivity index (χ4v) is 5.33. The zero-order chi connectivity index (χ0) is 23.3. The molecule has 0 saturated heterocycles.